The molecule has 7 N–H and O–H groups in total. The van der Waals surface area contributed by atoms with E-state index in [1.807, 2.05) is 4.90 Å². The van der Waals surface area contributed by atoms with Gasteiger partial charge in [-0.2, -0.15) is 0 Å². The van der Waals surface area contributed by atoms with Gasteiger partial charge in [-0.05, 0) is 18.3 Å². The predicted molar refractivity (Wildman–Crippen MR) is 72.9 cm³/mol. The molecule has 0 aliphatic heterocycles. The van der Waals surface area contributed by atoms with Gasteiger partial charge in [0.05, 0.1) is 0 Å². The number of nitrogens with two attached hydrogens (primary N) is 3. The summed E-state index contributed by atoms with van der Waals surface area (Å²) in [4.78, 5) is 5.75. The van der Waals surface area contributed by atoms with Crippen LogP contribution in [0.2, 0.25) is 0 Å². The largest absolute Gasteiger partial charge is 0.370 e. The minimum absolute atomic E-state index is 0.106. The van der Waals surface area contributed by atoms with Gasteiger partial charge in [-0.15, -0.1) is 0 Å². The highest BCUT2D eigenvalue weighted by Crippen LogP contribution is 2.18. The van der Waals surface area contributed by atoms with E-state index >= 15 is 0 Å². The van der Waals surface area contributed by atoms with Crippen molar-refractivity contribution in [1.29, 1.82) is 5.41 Å². The fraction of sp³-hybridized carbons (Fsp3) is 0.818. The molecule has 0 unspecified atom stereocenters. The van der Waals surface area contributed by atoms with Crippen LogP contribution in [0, 0.1) is 10.8 Å². The molecule has 0 atom stereocenters. The van der Waals surface area contributed by atoms with Gasteiger partial charge in [0.1, 0.15) is 0 Å². The lowest BCUT2D eigenvalue weighted by Gasteiger charge is -2.26. The molecule has 0 saturated carbocycles. The quantitative estimate of drug-likeness (QED) is 0.304. The lowest BCUT2D eigenvalue weighted by atomic mass is 9.92. The smallest absolute Gasteiger partial charge is 0.188 e. The molecule has 0 rings (SSSR count). The zero-order valence-electron chi connectivity index (χ0n) is 11.2. The number of aliphatic imine (C=N–C) groups is 1. The number of nitrogens with one attached hydrogen (secondary N) is 1. The molecule has 0 aliphatic rings. The van der Waals surface area contributed by atoms with E-state index in [1.165, 1.54) is 0 Å². The average Bonchev–Trinajstić information content (AvgIpc) is 2.13. The van der Waals surface area contributed by atoms with Crippen molar-refractivity contribution < 1.29 is 0 Å². The molecule has 100 valence electrons. The van der Waals surface area contributed by atoms with E-state index in [0.29, 0.717) is 13.1 Å². The summed E-state index contributed by atoms with van der Waals surface area (Å²) in [6.07, 6.45) is 1.79. The number of hydrogen-bond donors (Lipinski definition) is 4. The van der Waals surface area contributed by atoms with Gasteiger partial charge < -0.3 is 22.1 Å². The topological polar surface area (TPSA) is 118 Å². The van der Waals surface area contributed by atoms with Crippen molar-refractivity contribution in [3.05, 3.63) is 0 Å². The highest BCUT2D eigenvalue weighted by molar-refractivity contribution is 5.75. The third-order valence-corrected chi connectivity index (χ3v) is 2.35. The fourth-order valence-corrected chi connectivity index (χ4v) is 1.29. The predicted octanol–water partition coefficient (Wildman–Crippen LogP) is 0.282. The Kier molecular flexibility index (Phi) is 6.38. The maximum Gasteiger partial charge on any atom is 0.188 e. The molecule has 0 aromatic carbocycles. The van der Waals surface area contributed by atoms with Crippen LogP contribution < -0.4 is 17.2 Å². The van der Waals surface area contributed by atoms with Gasteiger partial charge in [-0.25, -0.2) is 0 Å². The van der Waals surface area contributed by atoms with Crippen LogP contribution in [0.4, 0.5) is 0 Å². The van der Waals surface area contributed by atoms with Crippen LogP contribution in [-0.2, 0) is 0 Å². The van der Waals surface area contributed by atoms with E-state index in [9.17, 15) is 0 Å². The van der Waals surface area contributed by atoms with Gasteiger partial charge in [-0.1, -0.05) is 20.8 Å². The second kappa shape index (κ2) is 6.98. The summed E-state index contributed by atoms with van der Waals surface area (Å²) in [5.74, 6) is 0.216. The fourth-order valence-electron chi connectivity index (χ4n) is 1.29. The first-order valence-corrected chi connectivity index (χ1v) is 5.87. The molecule has 0 radical (unpaired) electrons. The van der Waals surface area contributed by atoms with Gasteiger partial charge in [0.15, 0.2) is 11.9 Å². The van der Waals surface area contributed by atoms with Crippen LogP contribution in [0.3, 0.4) is 0 Å². The second-order valence-electron chi connectivity index (χ2n) is 5.34. The van der Waals surface area contributed by atoms with E-state index in [-0.39, 0.29) is 17.3 Å². The molecule has 0 amide bonds. The Hall–Kier alpha value is -1.46. The Bertz CT molecular complexity index is 262. The summed E-state index contributed by atoms with van der Waals surface area (Å²) in [6, 6.07) is 0. The summed E-state index contributed by atoms with van der Waals surface area (Å²) in [6.45, 7) is 8.59. The first kappa shape index (κ1) is 15.5. The zero-order valence-corrected chi connectivity index (χ0v) is 11.2. The van der Waals surface area contributed by atoms with Crippen molar-refractivity contribution in [3.63, 3.8) is 0 Å². The summed E-state index contributed by atoms with van der Waals surface area (Å²) < 4.78 is 0. The Morgan fingerprint density at radius 3 is 2.18 bits per heavy atom. The molecule has 0 saturated heterocycles. The third kappa shape index (κ3) is 9.47. The van der Waals surface area contributed by atoms with Crippen LogP contribution in [0.5, 0.6) is 0 Å². The Morgan fingerprint density at radius 2 is 1.76 bits per heavy atom. The van der Waals surface area contributed by atoms with Gasteiger partial charge in [0.25, 0.3) is 0 Å². The standard InChI is InChI=1S/C11H26N6/c1-11(2,3)5-8-17(10(14)15)7-4-6-16-9(12)13/h4-8H2,1-3H3,(H3,14,15)(H4,12,13,16). The van der Waals surface area contributed by atoms with Crippen LogP contribution in [0.1, 0.15) is 33.6 Å². The van der Waals surface area contributed by atoms with Gasteiger partial charge >= 0.3 is 0 Å². The van der Waals surface area contributed by atoms with Crippen molar-refractivity contribution in [2.24, 2.45) is 27.6 Å². The van der Waals surface area contributed by atoms with Crippen LogP contribution >= 0.6 is 0 Å². The maximum absolute atomic E-state index is 7.50. The normalized spacial score (nSPS) is 11.0. The SMILES string of the molecule is CC(C)(C)CCN(CCCN=C(N)N)C(=N)N. The molecular weight excluding hydrogens is 216 g/mol. The van der Waals surface area contributed by atoms with E-state index in [2.05, 4.69) is 25.8 Å². The summed E-state index contributed by atoms with van der Waals surface area (Å²) in [7, 11) is 0. The van der Waals surface area contributed by atoms with E-state index in [4.69, 9.17) is 22.6 Å². The van der Waals surface area contributed by atoms with Crippen molar-refractivity contribution in [1.82, 2.24) is 4.90 Å². The van der Waals surface area contributed by atoms with E-state index in [1.54, 1.807) is 0 Å². The van der Waals surface area contributed by atoms with E-state index < -0.39 is 0 Å². The van der Waals surface area contributed by atoms with E-state index in [0.717, 1.165) is 19.4 Å². The van der Waals surface area contributed by atoms with Crippen molar-refractivity contribution in [3.8, 4) is 0 Å². The highest BCUT2D eigenvalue weighted by Gasteiger charge is 2.13. The van der Waals surface area contributed by atoms with Crippen molar-refractivity contribution in [2.75, 3.05) is 19.6 Å². The molecule has 17 heavy (non-hydrogen) atoms. The maximum atomic E-state index is 7.50. The third-order valence-electron chi connectivity index (χ3n) is 2.35. The second-order valence-corrected chi connectivity index (χ2v) is 5.34. The average molecular weight is 242 g/mol. The molecule has 0 heterocycles. The minimum Gasteiger partial charge on any atom is -0.370 e. The molecule has 0 spiro atoms. The zero-order chi connectivity index (χ0) is 13.5. The summed E-state index contributed by atoms with van der Waals surface area (Å²) >= 11 is 0. The molecule has 6 heteroatoms. The van der Waals surface area contributed by atoms with Crippen molar-refractivity contribution in [2.45, 2.75) is 33.6 Å². The lowest BCUT2D eigenvalue weighted by Crippen LogP contribution is -2.39. The minimum atomic E-state index is 0.106. The van der Waals surface area contributed by atoms with Gasteiger partial charge in [0, 0.05) is 19.6 Å². The Morgan fingerprint density at radius 1 is 1.18 bits per heavy atom. The lowest BCUT2D eigenvalue weighted by molar-refractivity contribution is 0.302. The molecule has 0 bridgehead atoms. The highest BCUT2D eigenvalue weighted by atomic mass is 15.2. The Balaban J connectivity index is 4.00. The molecule has 6 nitrogen and oxygen atoms in total. The van der Waals surface area contributed by atoms with Crippen LogP contribution in [-0.4, -0.2) is 36.5 Å². The number of nitrogens with zero attached hydrogens (tertiary/aromatic N) is 2. The number of guanidine groups is 2. The first-order valence-electron chi connectivity index (χ1n) is 5.87. The van der Waals surface area contributed by atoms with Gasteiger partial charge in [-0.3, -0.25) is 10.4 Å². The summed E-state index contributed by atoms with van der Waals surface area (Å²) in [5, 5.41) is 7.50. The summed E-state index contributed by atoms with van der Waals surface area (Å²) in [5.41, 5.74) is 16.2. The van der Waals surface area contributed by atoms with Crippen LogP contribution in [0.15, 0.2) is 4.99 Å². The molecule has 0 fully saturated rings. The molecular formula is C11H26N6. The molecule has 0 aromatic rings. The molecule has 0 aliphatic carbocycles. The first-order chi connectivity index (χ1) is 7.72. The number of hydrogen-bond acceptors (Lipinski definition) is 2. The van der Waals surface area contributed by atoms with Crippen LogP contribution in [0.25, 0.3) is 0 Å². The monoisotopic (exact) mass is 242 g/mol. The Labute approximate surface area is 104 Å². The van der Waals surface area contributed by atoms with Crippen molar-refractivity contribution >= 4 is 11.9 Å². The molecule has 0 aromatic heterocycles. The number of rotatable bonds is 6. The van der Waals surface area contributed by atoms with Gasteiger partial charge in [0.2, 0.25) is 0 Å².